The van der Waals surface area contributed by atoms with E-state index in [0.29, 0.717) is 22.9 Å². The van der Waals surface area contributed by atoms with E-state index in [0.717, 1.165) is 22.3 Å². The molecule has 1 fully saturated rings. The van der Waals surface area contributed by atoms with Gasteiger partial charge < -0.3 is 20.1 Å². The van der Waals surface area contributed by atoms with Gasteiger partial charge in [0.2, 0.25) is 11.8 Å². The van der Waals surface area contributed by atoms with Crippen LogP contribution >= 0.6 is 0 Å². The van der Waals surface area contributed by atoms with Gasteiger partial charge >= 0.3 is 0 Å². The number of methoxy groups -OCH3 is 2. The minimum Gasteiger partial charge on any atom is -0.495 e. The topological polar surface area (TPSA) is 114 Å². The van der Waals surface area contributed by atoms with E-state index in [2.05, 4.69) is 10.6 Å². The zero-order valence-electron chi connectivity index (χ0n) is 26.7. The Balaban J connectivity index is 1.22. The van der Waals surface area contributed by atoms with Crippen LogP contribution in [0.1, 0.15) is 54.8 Å². The molecule has 0 spiro atoms. The lowest BCUT2D eigenvalue weighted by atomic mass is 9.55. The Kier molecular flexibility index (Phi) is 7.25. The zero-order chi connectivity index (χ0) is 33.8. The monoisotopic (exact) mass is 649 g/mol. The van der Waals surface area contributed by atoms with Gasteiger partial charge in [-0.2, -0.15) is 0 Å². The highest BCUT2D eigenvalue weighted by molar-refractivity contribution is 6.24. The fourth-order valence-electron chi connectivity index (χ4n) is 7.82. The van der Waals surface area contributed by atoms with Gasteiger partial charge in [0.05, 0.1) is 43.1 Å². The first-order valence-corrected chi connectivity index (χ1v) is 16.0. The summed E-state index contributed by atoms with van der Waals surface area (Å²) in [5.41, 5.74) is 5.37. The summed E-state index contributed by atoms with van der Waals surface area (Å²) in [5.74, 6) is -2.75. The summed E-state index contributed by atoms with van der Waals surface area (Å²) in [6.45, 7) is 0. The minimum atomic E-state index is -0.626. The van der Waals surface area contributed by atoms with E-state index in [4.69, 9.17) is 9.47 Å². The number of benzene rings is 5. The van der Waals surface area contributed by atoms with Gasteiger partial charge in [-0.25, -0.2) is 4.90 Å². The Labute approximate surface area is 282 Å². The predicted octanol–water partition coefficient (Wildman–Crippen LogP) is 6.61. The number of carbonyl (C=O) groups excluding carboxylic acids is 4. The third kappa shape index (κ3) is 4.77. The van der Waals surface area contributed by atoms with Gasteiger partial charge in [0.15, 0.2) is 0 Å². The summed E-state index contributed by atoms with van der Waals surface area (Å²) in [5, 5.41) is 5.69. The van der Waals surface area contributed by atoms with Crippen LogP contribution in [0, 0.1) is 11.8 Å². The number of para-hydroxylation sites is 4. The Hall–Kier alpha value is -6.22. The summed E-state index contributed by atoms with van der Waals surface area (Å²) in [7, 11) is 3.00. The van der Waals surface area contributed by atoms with Gasteiger partial charge in [-0.05, 0) is 64.7 Å². The van der Waals surface area contributed by atoms with Crippen LogP contribution in [0.4, 0.5) is 17.1 Å². The molecule has 5 aromatic carbocycles. The lowest BCUT2D eigenvalue weighted by molar-refractivity contribution is -0.122. The van der Waals surface area contributed by atoms with Crippen molar-refractivity contribution in [1.29, 1.82) is 0 Å². The third-order valence-electron chi connectivity index (χ3n) is 9.86. The molecule has 0 aromatic heterocycles. The maximum Gasteiger partial charge on any atom is 0.255 e. The molecule has 1 heterocycles. The van der Waals surface area contributed by atoms with Gasteiger partial charge in [0.25, 0.3) is 11.8 Å². The summed E-state index contributed by atoms with van der Waals surface area (Å²) in [6, 6.07) is 34.3. The molecule has 0 saturated carbocycles. The lowest BCUT2D eigenvalue weighted by Crippen LogP contribution is -2.41. The van der Waals surface area contributed by atoms with Crippen molar-refractivity contribution in [2.75, 3.05) is 29.8 Å². The van der Waals surface area contributed by atoms with Crippen LogP contribution in [0.5, 0.6) is 11.5 Å². The second-order valence-electron chi connectivity index (χ2n) is 12.4. The molecule has 1 aliphatic heterocycles. The molecule has 2 bridgehead atoms. The highest BCUT2D eigenvalue weighted by atomic mass is 16.5. The highest BCUT2D eigenvalue weighted by Crippen LogP contribution is 2.61. The van der Waals surface area contributed by atoms with Crippen LogP contribution in [0.3, 0.4) is 0 Å². The molecule has 0 unspecified atom stereocenters. The van der Waals surface area contributed by atoms with Crippen molar-refractivity contribution in [3.8, 4) is 11.5 Å². The van der Waals surface area contributed by atoms with Crippen LogP contribution in [-0.4, -0.2) is 37.8 Å². The number of ether oxygens (including phenoxy) is 2. The lowest BCUT2D eigenvalue weighted by Gasteiger charge is -2.45. The minimum absolute atomic E-state index is 0.0820. The standard InChI is InChI=1S/C40H31N3O6/c1-48-31-17-9-7-15-29(31)41-37(44)22-19-23(38(45)42-30-16-8-10-18-32(30)49-2)21-24(20-22)43-39(46)35-33-25-11-3-4-12-26(25)34(36(35)40(43)47)28-14-6-5-13-27(28)33/h3-21,33-36H,1-2H3,(H,41,44)(H,42,45)/t33?,34?,35-,36+. The molecular weight excluding hydrogens is 618 g/mol. The van der Waals surface area contributed by atoms with Crippen molar-refractivity contribution in [3.63, 3.8) is 0 Å². The first kappa shape index (κ1) is 30.1. The zero-order valence-corrected chi connectivity index (χ0v) is 26.7. The largest absolute Gasteiger partial charge is 0.495 e. The number of carbonyl (C=O) groups is 4. The van der Waals surface area contributed by atoms with E-state index in [9.17, 15) is 19.2 Å². The molecule has 9 nitrogen and oxygen atoms in total. The summed E-state index contributed by atoms with van der Waals surface area (Å²) >= 11 is 0. The average molecular weight is 650 g/mol. The van der Waals surface area contributed by atoms with Crippen molar-refractivity contribution in [2.45, 2.75) is 11.8 Å². The molecule has 2 N–H and O–H groups in total. The Bertz CT molecular complexity index is 2000. The van der Waals surface area contributed by atoms with Crippen LogP contribution in [0.15, 0.2) is 115 Å². The molecule has 9 rings (SSSR count). The van der Waals surface area contributed by atoms with Crippen LogP contribution in [-0.2, 0) is 9.59 Å². The Morgan fingerprint density at radius 3 is 1.31 bits per heavy atom. The van der Waals surface area contributed by atoms with Crippen molar-refractivity contribution < 1.29 is 28.7 Å². The van der Waals surface area contributed by atoms with Crippen molar-refractivity contribution >= 4 is 40.7 Å². The number of nitrogens with zero attached hydrogens (tertiary/aromatic N) is 1. The van der Waals surface area contributed by atoms with Crippen LogP contribution < -0.4 is 25.0 Å². The van der Waals surface area contributed by atoms with E-state index in [1.807, 2.05) is 48.5 Å². The average Bonchev–Trinajstić information content (AvgIpc) is 3.41. The fraction of sp³-hybridized carbons (Fsp3) is 0.150. The normalized spacial score (nSPS) is 19.8. The van der Waals surface area contributed by atoms with Gasteiger partial charge in [-0.3, -0.25) is 19.2 Å². The van der Waals surface area contributed by atoms with Crippen LogP contribution in [0.25, 0.3) is 0 Å². The number of hydrogen-bond donors (Lipinski definition) is 2. The predicted molar refractivity (Wildman–Crippen MR) is 184 cm³/mol. The maximum absolute atomic E-state index is 14.5. The van der Waals surface area contributed by atoms with Crippen molar-refractivity contribution in [1.82, 2.24) is 0 Å². The third-order valence-corrected chi connectivity index (χ3v) is 9.86. The first-order valence-electron chi connectivity index (χ1n) is 16.0. The smallest absolute Gasteiger partial charge is 0.255 e. The second kappa shape index (κ2) is 11.8. The Morgan fingerprint density at radius 2 is 0.918 bits per heavy atom. The van der Waals surface area contributed by atoms with Gasteiger partial charge in [0.1, 0.15) is 11.5 Å². The van der Waals surface area contributed by atoms with Gasteiger partial charge in [-0.15, -0.1) is 0 Å². The van der Waals surface area contributed by atoms with E-state index < -0.39 is 23.7 Å². The van der Waals surface area contributed by atoms with Crippen molar-refractivity contribution in [2.24, 2.45) is 11.8 Å². The van der Waals surface area contributed by atoms with E-state index in [1.54, 1.807) is 48.5 Å². The van der Waals surface area contributed by atoms with E-state index in [-0.39, 0.29) is 40.5 Å². The second-order valence-corrected chi connectivity index (χ2v) is 12.4. The molecule has 4 aliphatic rings. The SMILES string of the molecule is COc1ccccc1NC(=O)c1cc(C(=O)Nc2ccccc2OC)cc(N2C(=O)[C@@H]3C4c5ccccc5C(c5ccccc54)[C@@H]3C2=O)c1. The quantitative estimate of drug-likeness (QED) is 0.192. The number of imide groups is 1. The van der Waals surface area contributed by atoms with Crippen LogP contribution in [0.2, 0.25) is 0 Å². The molecule has 0 radical (unpaired) electrons. The molecule has 4 amide bonds. The molecule has 1 saturated heterocycles. The number of nitrogens with one attached hydrogen (secondary N) is 2. The number of anilines is 3. The molecule has 2 atom stereocenters. The molecule has 3 aliphatic carbocycles. The molecule has 49 heavy (non-hydrogen) atoms. The Morgan fingerprint density at radius 1 is 0.551 bits per heavy atom. The number of hydrogen-bond acceptors (Lipinski definition) is 6. The highest BCUT2D eigenvalue weighted by Gasteiger charge is 2.61. The summed E-state index contributed by atoms with van der Waals surface area (Å²) < 4.78 is 10.8. The molecule has 9 heteroatoms. The maximum atomic E-state index is 14.5. The van der Waals surface area contributed by atoms with E-state index in [1.165, 1.54) is 37.3 Å². The fourth-order valence-corrected chi connectivity index (χ4v) is 7.82. The van der Waals surface area contributed by atoms with Gasteiger partial charge in [0, 0.05) is 23.0 Å². The first-order chi connectivity index (χ1) is 23.9. The number of rotatable bonds is 7. The van der Waals surface area contributed by atoms with E-state index >= 15 is 0 Å². The molecule has 5 aromatic rings. The molecule has 242 valence electrons. The summed E-state index contributed by atoms with van der Waals surface area (Å²) in [6.07, 6.45) is 0. The molecular formula is C40H31N3O6. The summed E-state index contributed by atoms with van der Waals surface area (Å²) in [4.78, 5) is 57.9. The van der Waals surface area contributed by atoms with Gasteiger partial charge in [-0.1, -0.05) is 72.8 Å². The van der Waals surface area contributed by atoms with Crippen molar-refractivity contribution in [3.05, 3.63) is 149 Å². The number of amides is 4.